The van der Waals surface area contributed by atoms with Gasteiger partial charge in [-0.1, -0.05) is 37.0 Å². The summed E-state index contributed by atoms with van der Waals surface area (Å²) in [6, 6.07) is 3.40. The highest BCUT2D eigenvalue weighted by Gasteiger charge is 2.39. The van der Waals surface area contributed by atoms with Crippen molar-refractivity contribution in [1.82, 2.24) is 0 Å². The first-order valence-corrected chi connectivity index (χ1v) is 6.40. The number of rotatable bonds is 1. The zero-order chi connectivity index (χ0) is 14.2. The summed E-state index contributed by atoms with van der Waals surface area (Å²) in [5.74, 6) is 0. The van der Waals surface area contributed by atoms with Crippen molar-refractivity contribution >= 4 is 41.3 Å². The maximum Gasteiger partial charge on any atom is 0.508 e. The molecule has 19 heavy (non-hydrogen) atoms. The predicted molar refractivity (Wildman–Crippen MR) is 74.6 cm³/mol. The standard InChI is InChI=1S/C13H13Cl2NO3/c1-13(2)6-16-8-5-4-7(14)10(15)9(8)11(13)19-12(17)18-3/h4-6,11H,1-3H3. The molecule has 0 radical (unpaired) electrons. The van der Waals surface area contributed by atoms with Crippen LogP contribution in [0.5, 0.6) is 0 Å². The summed E-state index contributed by atoms with van der Waals surface area (Å²) in [5.41, 5.74) is 0.741. The number of fused-ring (bicyclic) bond motifs is 1. The van der Waals surface area contributed by atoms with E-state index in [0.29, 0.717) is 21.3 Å². The Morgan fingerprint density at radius 2 is 2.05 bits per heavy atom. The van der Waals surface area contributed by atoms with Gasteiger partial charge in [-0.25, -0.2) is 4.79 Å². The molecule has 0 fully saturated rings. The summed E-state index contributed by atoms with van der Waals surface area (Å²) in [6.07, 6.45) is 0.363. The van der Waals surface area contributed by atoms with Crippen LogP contribution in [0.2, 0.25) is 10.0 Å². The average Bonchev–Trinajstić information content (AvgIpc) is 2.36. The highest BCUT2D eigenvalue weighted by molar-refractivity contribution is 6.42. The van der Waals surface area contributed by atoms with E-state index in [2.05, 4.69) is 9.73 Å². The third-order valence-corrected chi connectivity index (χ3v) is 3.78. The van der Waals surface area contributed by atoms with E-state index in [0.717, 1.165) is 0 Å². The number of halogens is 2. The van der Waals surface area contributed by atoms with E-state index in [1.165, 1.54) is 7.11 Å². The van der Waals surface area contributed by atoms with Crippen molar-refractivity contribution in [3.8, 4) is 0 Å². The fraction of sp³-hybridized carbons (Fsp3) is 0.385. The number of ether oxygens (including phenoxy) is 2. The summed E-state index contributed by atoms with van der Waals surface area (Å²) in [5, 5.41) is 0.741. The van der Waals surface area contributed by atoms with Gasteiger partial charge < -0.3 is 9.47 Å². The van der Waals surface area contributed by atoms with E-state index in [1.54, 1.807) is 18.3 Å². The van der Waals surface area contributed by atoms with Crippen LogP contribution in [0.15, 0.2) is 17.1 Å². The largest absolute Gasteiger partial charge is 0.508 e. The molecule has 0 spiro atoms. The Bertz CT molecular complexity index is 555. The third-order valence-electron chi connectivity index (χ3n) is 2.96. The van der Waals surface area contributed by atoms with Crippen molar-refractivity contribution < 1.29 is 14.3 Å². The molecule has 1 aliphatic heterocycles. The lowest BCUT2D eigenvalue weighted by Crippen LogP contribution is -2.30. The fourth-order valence-corrected chi connectivity index (χ4v) is 2.37. The van der Waals surface area contributed by atoms with Gasteiger partial charge in [0.05, 0.1) is 22.8 Å². The topological polar surface area (TPSA) is 47.9 Å². The van der Waals surface area contributed by atoms with Crippen LogP contribution in [0.3, 0.4) is 0 Å². The maximum atomic E-state index is 11.4. The van der Waals surface area contributed by atoms with E-state index in [1.807, 2.05) is 13.8 Å². The Balaban J connectivity index is 2.55. The monoisotopic (exact) mass is 301 g/mol. The first kappa shape index (κ1) is 14.2. The molecule has 1 heterocycles. The van der Waals surface area contributed by atoms with Gasteiger partial charge >= 0.3 is 6.16 Å². The van der Waals surface area contributed by atoms with Gasteiger partial charge in [0, 0.05) is 17.2 Å². The van der Waals surface area contributed by atoms with Gasteiger partial charge in [-0.3, -0.25) is 4.99 Å². The van der Waals surface area contributed by atoms with Crippen LogP contribution in [0.4, 0.5) is 10.5 Å². The quantitative estimate of drug-likeness (QED) is 0.714. The number of carbonyl (C=O) groups excluding carboxylic acids is 1. The molecule has 6 heteroatoms. The van der Waals surface area contributed by atoms with Crippen molar-refractivity contribution in [3.63, 3.8) is 0 Å². The van der Waals surface area contributed by atoms with Crippen molar-refractivity contribution in [2.45, 2.75) is 20.0 Å². The van der Waals surface area contributed by atoms with Gasteiger partial charge in [0.1, 0.15) is 6.10 Å². The predicted octanol–water partition coefficient (Wildman–Crippen LogP) is 4.56. The second kappa shape index (κ2) is 5.02. The van der Waals surface area contributed by atoms with Crippen LogP contribution >= 0.6 is 23.2 Å². The van der Waals surface area contributed by atoms with E-state index in [9.17, 15) is 4.79 Å². The number of methoxy groups -OCH3 is 1. The van der Waals surface area contributed by atoms with Crippen molar-refractivity contribution in [1.29, 1.82) is 0 Å². The molecule has 1 aliphatic rings. The first-order chi connectivity index (χ1) is 8.86. The van der Waals surface area contributed by atoms with Crippen molar-refractivity contribution in [2.75, 3.05) is 7.11 Å². The maximum absolute atomic E-state index is 11.4. The molecule has 102 valence electrons. The second-order valence-corrected chi connectivity index (χ2v) is 5.61. The summed E-state index contributed by atoms with van der Waals surface area (Å²) in [6.45, 7) is 3.79. The number of nitrogens with zero attached hydrogens (tertiary/aromatic N) is 1. The molecular weight excluding hydrogens is 289 g/mol. The summed E-state index contributed by atoms with van der Waals surface area (Å²) in [7, 11) is 1.26. The minimum Gasteiger partial charge on any atom is -0.438 e. The molecule has 0 aromatic heterocycles. The van der Waals surface area contributed by atoms with Gasteiger partial charge in [-0.2, -0.15) is 0 Å². The lowest BCUT2D eigenvalue weighted by atomic mass is 9.81. The molecule has 0 amide bonds. The van der Waals surface area contributed by atoms with Gasteiger partial charge in [-0.15, -0.1) is 0 Å². The molecule has 1 aromatic rings. The molecule has 1 aromatic carbocycles. The third kappa shape index (κ3) is 2.55. The van der Waals surface area contributed by atoms with Crippen LogP contribution in [-0.4, -0.2) is 19.5 Å². The van der Waals surface area contributed by atoms with Crippen LogP contribution in [0.1, 0.15) is 25.5 Å². The summed E-state index contributed by atoms with van der Waals surface area (Å²) in [4.78, 5) is 15.7. The highest BCUT2D eigenvalue weighted by atomic mass is 35.5. The number of benzene rings is 1. The Hall–Kier alpha value is -1.26. The minimum atomic E-state index is -0.768. The molecule has 2 rings (SSSR count). The van der Waals surface area contributed by atoms with Crippen LogP contribution in [0, 0.1) is 5.41 Å². The molecule has 0 bridgehead atoms. The Labute approximate surface area is 121 Å². The summed E-state index contributed by atoms with van der Waals surface area (Å²) < 4.78 is 9.87. The number of aliphatic imine (C=N–C) groups is 1. The molecule has 1 unspecified atom stereocenters. The lowest BCUT2D eigenvalue weighted by Gasteiger charge is -2.34. The Kier molecular flexibility index (Phi) is 3.74. The van der Waals surface area contributed by atoms with Crippen LogP contribution in [0.25, 0.3) is 0 Å². The Morgan fingerprint density at radius 3 is 2.68 bits per heavy atom. The number of carbonyl (C=O) groups is 1. The van der Waals surface area contributed by atoms with Gasteiger partial charge in [0.2, 0.25) is 0 Å². The van der Waals surface area contributed by atoms with Crippen molar-refractivity contribution in [3.05, 3.63) is 27.7 Å². The SMILES string of the molecule is COC(=O)OC1c2c(ccc(Cl)c2Cl)N=CC1(C)C. The van der Waals surface area contributed by atoms with Crippen LogP contribution < -0.4 is 0 Å². The van der Waals surface area contributed by atoms with E-state index in [-0.39, 0.29) is 0 Å². The van der Waals surface area contributed by atoms with E-state index in [4.69, 9.17) is 27.9 Å². The lowest BCUT2D eigenvalue weighted by molar-refractivity contribution is 0.00535. The van der Waals surface area contributed by atoms with E-state index >= 15 is 0 Å². The fourth-order valence-electron chi connectivity index (χ4n) is 1.95. The zero-order valence-corrected chi connectivity index (χ0v) is 12.2. The molecule has 0 saturated carbocycles. The summed E-state index contributed by atoms with van der Waals surface area (Å²) >= 11 is 12.2. The molecule has 0 N–H and O–H groups in total. The molecule has 4 nitrogen and oxygen atoms in total. The van der Waals surface area contributed by atoms with E-state index < -0.39 is 17.7 Å². The second-order valence-electron chi connectivity index (χ2n) is 4.83. The zero-order valence-electron chi connectivity index (χ0n) is 10.7. The van der Waals surface area contributed by atoms with Gasteiger partial charge in [-0.05, 0) is 12.1 Å². The normalized spacial score (nSPS) is 19.7. The Morgan fingerprint density at radius 1 is 1.37 bits per heavy atom. The average molecular weight is 302 g/mol. The molecule has 0 aliphatic carbocycles. The number of hydrogen-bond acceptors (Lipinski definition) is 4. The van der Waals surface area contributed by atoms with Crippen molar-refractivity contribution in [2.24, 2.45) is 10.4 Å². The molecule has 0 saturated heterocycles. The first-order valence-electron chi connectivity index (χ1n) is 5.64. The highest BCUT2D eigenvalue weighted by Crippen LogP contribution is 2.48. The minimum absolute atomic E-state index is 0.345. The smallest absolute Gasteiger partial charge is 0.438 e. The van der Waals surface area contributed by atoms with Gasteiger partial charge in [0.15, 0.2) is 0 Å². The number of hydrogen-bond donors (Lipinski definition) is 0. The van der Waals surface area contributed by atoms with Crippen LogP contribution in [-0.2, 0) is 9.47 Å². The molecule has 1 atom stereocenters. The van der Waals surface area contributed by atoms with Gasteiger partial charge in [0.25, 0.3) is 0 Å². The molecular formula is C13H13Cl2NO3.